The van der Waals surface area contributed by atoms with Crippen LogP contribution in [0.25, 0.3) is 0 Å². The van der Waals surface area contributed by atoms with Crippen LogP contribution in [0.15, 0.2) is 24.3 Å². The van der Waals surface area contributed by atoms with Crippen molar-refractivity contribution in [1.29, 1.82) is 0 Å². The largest absolute Gasteiger partial charge is 1.00 e. The standard InChI is InChI=1S/C7H12.ClH.Rh/c1-3-5-7-6-4-2;;/h3-6H,7H2,1-2H3;1H;/p-1. The third-order valence-electron chi connectivity index (χ3n) is 0.744. The molecule has 0 N–H and O–H groups in total. The van der Waals surface area contributed by atoms with Crippen molar-refractivity contribution in [3.05, 3.63) is 24.3 Å². The summed E-state index contributed by atoms with van der Waals surface area (Å²) in [6, 6.07) is 0. The predicted molar refractivity (Wildman–Crippen MR) is 34.2 cm³/mol. The van der Waals surface area contributed by atoms with Crippen LogP contribution in [-0.4, -0.2) is 0 Å². The zero-order valence-electron chi connectivity index (χ0n) is 5.73. The maximum absolute atomic E-state index is 2.12. The van der Waals surface area contributed by atoms with Crippen LogP contribution in [0.2, 0.25) is 0 Å². The predicted octanol–water partition coefficient (Wildman–Crippen LogP) is -0.470. The number of rotatable bonds is 2. The summed E-state index contributed by atoms with van der Waals surface area (Å²) in [5.41, 5.74) is 0. The molecule has 0 fully saturated rings. The van der Waals surface area contributed by atoms with Crippen LogP contribution in [0.1, 0.15) is 20.3 Å². The average molecular weight is 235 g/mol. The molecule has 0 aromatic heterocycles. The van der Waals surface area contributed by atoms with Crippen molar-refractivity contribution in [1.82, 2.24) is 0 Å². The van der Waals surface area contributed by atoms with Crippen molar-refractivity contribution < 1.29 is 31.9 Å². The van der Waals surface area contributed by atoms with E-state index in [2.05, 4.69) is 24.3 Å². The maximum Gasteiger partial charge on any atom is 0 e. The van der Waals surface area contributed by atoms with E-state index in [0.29, 0.717) is 0 Å². The van der Waals surface area contributed by atoms with E-state index < -0.39 is 0 Å². The third kappa shape index (κ3) is 17.8. The van der Waals surface area contributed by atoms with Gasteiger partial charge in [-0.3, -0.25) is 0 Å². The molecule has 0 bridgehead atoms. The van der Waals surface area contributed by atoms with E-state index in [0.717, 1.165) is 6.42 Å². The van der Waals surface area contributed by atoms with Crippen molar-refractivity contribution in [2.75, 3.05) is 0 Å². The topological polar surface area (TPSA) is 0 Å². The van der Waals surface area contributed by atoms with Gasteiger partial charge < -0.3 is 12.4 Å². The van der Waals surface area contributed by atoms with Gasteiger partial charge in [-0.2, -0.15) is 0 Å². The zero-order valence-corrected chi connectivity index (χ0v) is 8.12. The Morgan fingerprint density at radius 1 is 1.00 bits per heavy atom. The Bertz CT molecular complexity index is 67.0. The molecule has 9 heavy (non-hydrogen) atoms. The summed E-state index contributed by atoms with van der Waals surface area (Å²) in [4.78, 5) is 0. The first kappa shape index (κ1) is 16.2. The molecule has 0 aliphatic heterocycles. The molecule has 0 unspecified atom stereocenters. The molecule has 0 aliphatic rings. The smallest absolute Gasteiger partial charge is 0 e. The van der Waals surface area contributed by atoms with Crippen LogP contribution in [0, 0.1) is 0 Å². The van der Waals surface area contributed by atoms with E-state index in [1.807, 2.05) is 13.8 Å². The minimum Gasteiger partial charge on any atom is -1.00 e. The van der Waals surface area contributed by atoms with Gasteiger partial charge in [-0.1, -0.05) is 24.3 Å². The van der Waals surface area contributed by atoms with Gasteiger partial charge in [0.05, 0.1) is 0 Å². The first-order valence-corrected chi connectivity index (χ1v) is 2.64. The summed E-state index contributed by atoms with van der Waals surface area (Å²) in [6.07, 6.45) is 9.44. The Morgan fingerprint density at radius 2 is 1.33 bits per heavy atom. The molecule has 0 aromatic rings. The Kier molecular flexibility index (Phi) is 28.4. The Balaban J connectivity index is -0.000000180. The summed E-state index contributed by atoms with van der Waals surface area (Å²) in [7, 11) is 0. The summed E-state index contributed by atoms with van der Waals surface area (Å²) in [6.45, 7) is 4.06. The molecule has 1 radical (unpaired) electrons. The van der Waals surface area contributed by atoms with Crippen LogP contribution < -0.4 is 12.4 Å². The van der Waals surface area contributed by atoms with E-state index in [4.69, 9.17) is 0 Å². The fourth-order valence-electron chi connectivity index (χ4n) is 0.351. The average Bonchev–Trinajstić information content (AvgIpc) is 1.69. The van der Waals surface area contributed by atoms with E-state index in [9.17, 15) is 0 Å². The molecule has 0 nitrogen and oxygen atoms in total. The van der Waals surface area contributed by atoms with Crippen molar-refractivity contribution in [3.63, 3.8) is 0 Å². The Labute approximate surface area is 76.6 Å². The van der Waals surface area contributed by atoms with Gasteiger partial charge in [-0.05, 0) is 20.3 Å². The normalized spacial score (nSPS) is 9.11. The zero-order chi connectivity index (χ0) is 5.54. The number of allylic oxidation sites excluding steroid dienone is 4. The van der Waals surface area contributed by atoms with Crippen LogP contribution in [0.4, 0.5) is 0 Å². The number of hydrogen-bond acceptors (Lipinski definition) is 0. The Hall–Kier alpha value is 0.393. The minimum atomic E-state index is 0. The SMILES string of the molecule is CC=CCC=CC.[Cl-].[Rh]. The number of hydrogen-bond donors (Lipinski definition) is 0. The molecular formula is C7H12ClRh-. The molecule has 0 spiro atoms. The maximum atomic E-state index is 2.12. The van der Waals surface area contributed by atoms with Crippen LogP contribution in [0.3, 0.4) is 0 Å². The van der Waals surface area contributed by atoms with Gasteiger partial charge in [0.1, 0.15) is 0 Å². The summed E-state index contributed by atoms with van der Waals surface area (Å²) in [5.74, 6) is 0. The quantitative estimate of drug-likeness (QED) is 0.448. The van der Waals surface area contributed by atoms with Crippen LogP contribution in [0.5, 0.6) is 0 Å². The van der Waals surface area contributed by atoms with E-state index in [-0.39, 0.29) is 31.9 Å². The second-order valence-electron chi connectivity index (χ2n) is 1.37. The summed E-state index contributed by atoms with van der Waals surface area (Å²) < 4.78 is 0. The van der Waals surface area contributed by atoms with Gasteiger partial charge in [0.15, 0.2) is 0 Å². The minimum absolute atomic E-state index is 0. The van der Waals surface area contributed by atoms with Gasteiger partial charge in [0, 0.05) is 19.5 Å². The molecule has 0 atom stereocenters. The molecule has 0 rings (SSSR count). The summed E-state index contributed by atoms with van der Waals surface area (Å²) in [5, 5.41) is 0. The monoisotopic (exact) mass is 234 g/mol. The van der Waals surface area contributed by atoms with Crippen LogP contribution in [-0.2, 0) is 19.5 Å². The van der Waals surface area contributed by atoms with Gasteiger partial charge in [0.25, 0.3) is 0 Å². The molecule has 0 amide bonds. The van der Waals surface area contributed by atoms with Gasteiger partial charge in [-0.25, -0.2) is 0 Å². The first-order chi connectivity index (χ1) is 3.41. The Morgan fingerprint density at radius 3 is 1.56 bits per heavy atom. The molecule has 0 saturated heterocycles. The molecule has 0 heterocycles. The molecular weight excluding hydrogens is 222 g/mol. The second kappa shape index (κ2) is 15.8. The van der Waals surface area contributed by atoms with E-state index >= 15 is 0 Å². The van der Waals surface area contributed by atoms with Crippen molar-refractivity contribution in [3.8, 4) is 0 Å². The molecule has 0 aliphatic carbocycles. The molecule has 0 aromatic carbocycles. The number of halogens is 1. The molecule has 57 valence electrons. The van der Waals surface area contributed by atoms with Crippen molar-refractivity contribution in [2.45, 2.75) is 20.3 Å². The fourth-order valence-corrected chi connectivity index (χ4v) is 0.351. The fraction of sp³-hybridized carbons (Fsp3) is 0.429. The second-order valence-corrected chi connectivity index (χ2v) is 1.37. The third-order valence-corrected chi connectivity index (χ3v) is 0.744. The van der Waals surface area contributed by atoms with Crippen molar-refractivity contribution in [2.24, 2.45) is 0 Å². The van der Waals surface area contributed by atoms with Gasteiger partial charge in [0.2, 0.25) is 0 Å². The van der Waals surface area contributed by atoms with E-state index in [1.165, 1.54) is 0 Å². The molecule has 0 saturated carbocycles. The van der Waals surface area contributed by atoms with E-state index in [1.54, 1.807) is 0 Å². The van der Waals surface area contributed by atoms with Crippen molar-refractivity contribution >= 4 is 0 Å². The van der Waals surface area contributed by atoms with Crippen LogP contribution >= 0.6 is 0 Å². The molecule has 2 heteroatoms. The van der Waals surface area contributed by atoms with Gasteiger partial charge >= 0.3 is 0 Å². The summed E-state index contributed by atoms with van der Waals surface area (Å²) >= 11 is 0. The van der Waals surface area contributed by atoms with Gasteiger partial charge in [-0.15, -0.1) is 0 Å². The first-order valence-electron chi connectivity index (χ1n) is 2.64.